The van der Waals surface area contributed by atoms with Crippen LogP contribution < -0.4 is 0 Å². The van der Waals surface area contributed by atoms with Crippen LogP contribution in [-0.4, -0.2) is 30.2 Å². The lowest BCUT2D eigenvalue weighted by molar-refractivity contribution is -0.198. The van der Waals surface area contributed by atoms with E-state index in [-0.39, 0.29) is 18.5 Å². The zero-order valence-electron chi connectivity index (χ0n) is 8.65. The normalized spacial score (nSPS) is 39.6. The van der Waals surface area contributed by atoms with Gasteiger partial charge >= 0.3 is 0 Å². The molecular formula is C11H20O3. The second-order valence-corrected chi connectivity index (χ2v) is 4.37. The van der Waals surface area contributed by atoms with E-state index in [1.807, 2.05) is 0 Å². The average Bonchev–Trinajstić information content (AvgIpc) is 2.19. The zero-order valence-corrected chi connectivity index (χ0v) is 8.65. The SMILES string of the molecule is OC1CCCC(OC2CCCCO2)C1. The van der Waals surface area contributed by atoms with Crippen molar-refractivity contribution in [2.45, 2.75) is 63.4 Å². The Balaban J connectivity index is 1.72. The fourth-order valence-corrected chi connectivity index (χ4v) is 2.28. The van der Waals surface area contributed by atoms with Gasteiger partial charge in [-0.05, 0) is 44.9 Å². The van der Waals surface area contributed by atoms with E-state index in [2.05, 4.69) is 0 Å². The smallest absolute Gasteiger partial charge is 0.157 e. The van der Waals surface area contributed by atoms with Gasteiger partial charge in [0, 0.05) is 6.61 Å². The fraction of sp³-hybridized carbons (Fsp3) is 1.00. The number of aliphatic hydroxyl groups is 1. The van der Waals surface area contributed by atoms with Gasteiger partial charge in [0.25, 0.3) is 0 Å². The van der Waals surface area contributed by atoms with Crippen molar-refractivity contribution in [3.8, 4) is 0 Å². The van der Waals surface area contributed by atoms with E-state index < -0.39 is 0 Å². The van der Waals surface area contributed by atoms with Crippen molar-refractivity contribution in [3.63, 3.8) is 0 Å². The standard InChI is InChI=1S/C11H20O3/c12-9-4-3-5-10(8-9)14-11-6-1-2-7-13-11/h9-12H,1-8H2. The van der Waals surface area contributed by atoms with E-state index in [0.29, 0.717) is 0 Å². The highest BCUT2D eigenvalue weighted by atomic mass is 16.7. The van der Waals surface area contributed by atoms with Crippen LogP contribution in [0, 0.1) is 0 Å². The van der Waals surface area contributed by atoms with Crippen LogP contribution in [0.4, 0.5) is 0 Å². The summed E-state index contributed by atoms with van der Waals surface area (Å²) in [4.78, 5) is 0. The highest BCUT2D eigenvalue weighted by molar-refractivity contribution is 4.73. The van der Waals surface area contributed by atoms with Crippen molar-refractivity contribution in [2.75, 3.05) is 6.61 Å². The molecule has 1 N–H and O–H groups in total. The first kappa shape index (κ1) is 10.4. The van der Waals surface area contributed by atoms with E-state index in [4.69, 9.17) is 9.47 Å². The number of hydrogen-bond donors (Lipinski definition) is 1. The summed E-state index contributed by atoms with van der Waals surface area (Å²) in [5.41, 5.74) is 0. The van der Waals surface area contributed by atoms with Gasteiger partial charge in [-0.15, -0.1) is 0 Å². The Morgan fingerprint density at radius 1 is 1.07 bits per heavy atom. The predicted octanol–water partition coefficient (Wildman–Crippen LogP) is 1.83. The minimum Gasteiger partial charge on any atom is -0.393 e. The van der Waals surface area contributed by atoms with Crippen LogP contribution in [0.1, 0.15) is 44.9 Å². The third-order valence-electron chi connectivity index (χ3n) is 3.08. The molecule has 0 amide bonds. The van der Waals surface area contributed by atoms with Crippen molar-refractivity contribution in [1.82, 2.24) is 0 Å². The Hall–Kier alpha value is -0.120. The second kappa shape index (κ2) is 5.10. The molecule has 3 heteroatoms. The molecule has 1 aliphatic heterocycles. The van der Waals surface area contributed by atoms with E-state index >= 15 is 0 Å². The lowest BCUT2D eigenvalue weighted by Gasteiger charge is -2.31. The average molecular weight is 200 g/mol. The molecule has 0 radical (unpaired) electrons. The quantitative estimate of drug-likeness (QED) is 0.739. The summed E-state index contributed by atoms with van der Waals surface area (Å²) < 4.78 is 11.3. The van der Waals surface area contributed by atoms with Crippen LogP contribution >= 0.6 is 0 Å². The molecule has 1 aliphatic carbocycles. The second-order valence-electron chi connectivity index (χ2n) is 4.37. The van der Waals surface area contributed by atoms with Crippen molar-refractivity contribution in [1.29, 1.82) is 0 Å². The number of rotatable bonds is 2. The number of aliphatic hydroxyl groups excluding tert-OH is 1. The molecule has 3 atom stereocenters. The Morgan fingerprint density at radius 3 is 2.71 bits per heavy atom. The molecule has 0 spiro atoms. The molecule has 0 aromatic heterocycles. The summed E-state index contributed by atoms with van der Waals surface area (Å²) in [7, 11) is 0. The molecule has 3 unspecified atom stereocenters. The molecular weight excluding hydrogens is 180 g/mol. The van der Waals surface area contributed by atoms with Crippen molar-refractivity contribution < 1.29 is 14.6 Å². The van der Waals surface area contributed by atoms with Crippen LogP contribution in [0.15, 0.2) is 0 Å². The molecule has 1 heterocycles. The van der Waals surface area contributed by atoms with Gasteiger partial charge in [-0.2, -0.15) is 0 Å². The maximum atomic E-state index is 9.49. The Bertz CT molecular complexity index is 166. The Labute approximate surface area is 85.4 Å². The molecule has 0 aromatic rings. The van der Waals surface area contributed by atoms with Gasteiger partial charge in [0.1, 0.15) is 0 Å². The third kappa shape index (κ3) is 2.94. The van der Waals surface area contributed by atoms with Gasteiger partial charge < -0.3 is 14.6 Å². The Kier molecular flexibility index (Phi) is 3.79. The van der Waals surface area contributed by atoms with E-state index in [9.17, 15) is 5.11 Å². The lowest BCUT2D eigenvalue weighted by Crippen LogP contribution is -2.32. The van der Waals surface area contributed by atoms with Crippen LogP contribution in [0.25, 0.3) is 0 Å². The van der Waals surface area contributed by atoms with Gasteiger partial charge in [0.2, 0.25) is 0 Å². The number of hydrogen-bond acceptors (Lipinski definition) is 3. The number of ether oxygens (including phenoxy) is 2. The van der Waals surface area contributed by atoms with Crippen LogP contribution in [0.5, 0.6) is 0 Å². The zero-order chi connectivity index (χ0) is 9.80. The van der Waals surface area contributed by atoms with Gasteiger partial charge in [0.05, 0.1) is 12.2 Å². The van der Waals surface area contributed by atoms with Crippen LogP contribution in [0.3, 0.4) is 0 Å². The topological polar surface area (TPSA) is 38.7 Å². The first-order valence-corrected chi connectivity index (χ1v) is 5.80. The highest BCUT2D eigenvalue weighted by Gasteiger charge is 2.24. The van der Waals surface area contributed by atoms with Crippen molar-refractivity contribution in [2.24, 2.45) is 0 Å². The summed E-state index contributed by atoms with van der Waals surface area (Å²) >= 11 is 0. The maximum Gasteiger partial charge on any atom is 0.157 e. The van der Waals surface area contributed by atoms with Gasteiger partial charge in [-0.3, -0.25) is 0 Å². The molecule has 1 saturated carbocycles. The summed E-state index contributed by atoms with van der Waals surface area (Å²) in [5.74, 6) is 0. The first-order valence-electron chi connectivity index (χ1n) is 5.80. The van der Waals surface area contributed by atoms with Gasteiger partial charge in [-0.25, -0.2) is 0 Å². The molecule has 14 heavy (non-hydrogen) atoms. The molecule has 0 bridgehead atoms. The van der Waals surface area contributed by atoms with E-state index in [0.717, 1.165) is 45.1 Å². The first-order chi connectivity index (χ1) is 6.84. The predicted molar refractivity (Wildman–Crippen MR) is 52.9 cm³/mol. The minimum atomic E-state index is -0.155. The molecule has 2 fully saturated rings. The summed E-state index contributed by atoms with van der Waals surface area (Å²) in [6.07, 6.45) is 7.35. The Morgan fingerprint density at radius 2 is 2.00 bits per heavy atom. The van der Waals surface area contributed by atoms with E-state index in [1.54, 1.807) is 0 Å². The summed E-state index contributed by atoms with van der Waals surface area (Å²) in [6.45, 7) is 0.833. The van der Waals surface area contributed by atoms with Crippen molar-refractivity contribution in [3.05, 3.63) is 0 Å². The minimum absolute atomic E-state index is 0.000880. The third-order valence-corrected chi connectivity index (χ3v) is 3.08. The van der Waals surface area contributed by atoms with Crippen LogP contribution in [0.2, 0.25) is 0 Å². The van der Waals surface area contributed by atoms with E-state index in [1.165, 1.54) is 6.42 Å². The highest BCUT2D eigenvalue weighted by Crippen LogP contribution is 2.24. The lowest BCUT2D eigenvalue weighted by atomic mass is 9.95. The molecule has 82 valence electrons. The van der Waals surface area contributed by atoms with Gasteiger partial charge in [0.15, 0.2) is 6.29 Å². The van der Waals surface area contributed by atoms with Crippen molar-refractivity contribution >= 4 is 0 Å². The molecule has 2 rings (SSSR count). The van der Waals surface area contributed by atoms with Crippen LogP contribution in [-0.2, 0) is 9.47 Å². The monoisotopic (exact) mass is 200 g/mol. The molecule has 0 aromatic carbocycles. The fourth-order valence-electron chi connectivity index (χ4n) is 2.28. The molecule has 1 saturated heterocycles. The molecule has 3 nitrogen and oxygen atoms in total. The summed E-state index contributed by atoms with van der Waals surface area (Å²) in [6, 6.07) is 0. The van der Waals surface area contributed by atoms with Gasteiger partial charge in [-0.1, -0.05) is 0 Å². The largest absolute Gasteiger partial charge is 0.393 e. The maximum absolute atomic E-state index is 9.49. The molecule has 2 aliphatic rings. The summed E-state index contributed by atoms with van der Waals surface area (Å²) in [5, 5.41) is 9.49.